The van der Waals surface area contributed by atoms with Crippen LogP contribution in [0.4, 0.5) is 4.39 Å². The van der Waals surface area contributed by atoms with Crippen molar-refractivity contribution in [1.82, 2.24) is 10.3 Å². The lowest BCUT2D eigenvalue weighted by Crippen LogP contribution is -2.19. The van der Waals surface area contributed by atoms with Crippen LogP contribution in [0.15, 0.2) is 24.4 Å². The number of nitrogens with one attached hydrogen (secondary N) is 2. The lowest BCUT2D eigenvalue weighted by Gasteiger charge is -2.02. The van der Waals surface area contributed by atoms with E-state index >= 15 is 0 Å². The normalized spacial score (nSPS) is 15.6. The third-order valence-corrected chi connectivity index (χ3v) is 3.45. The zero-order valence-corrected chi connectivity index (χ0v) is 9.80. The highest BCUT2D eigenvalue weighted by Gasteiger charge is 2.20. The molecule has 1 heterocycles. The first-order valence-electron chi connectivity index (χ1n) is 6.30. The van der Waals surface area contributed by atoms with Crippen molar-refractivity contribution in [2.75, 3.05) is 13.1 Å². The molecule has 0 saturated heterocycles. The molecular formula is C14H17FN2. The van der Waals surface area contributed by atoms with E-state index in [1.165, 1.54) is 24.5 Å². The van der Waals surface area contributed by atoms with E-state index in [-0.39, 0.29) is 5.82 Å². The number of H-pyrrole nitrogens is 1. The van der Waals surface area contributed by atoms with E-state index in [0.29, 0.717) is 5.52 Å². The lowest BCUT2D eigenvalue weighted by molar-refractivity contribution is 0.637. The minimum absolute atomic E-state index is 0.167. The van der Waals surface area contributed by atoms with Crippen LogP contribution in [0.25, 0.3) is 10.9 Å². The monoisotopic (exact) mass is 232 g/mol. The third-order valence-electron chi connectivity index (χ3n) is 3.45. The SMILES string of the molecule is Fc1cccc2c(CCNCC3CC3)c[nH]c12. The highest BCUT2D eigenvalue weighted by atomic mass is 19.1. The summed E-state index contributed by atoms with van der Waals surface area (Å²) in [5, 5.41) is 4.47. The van der Waals surface area contributed by atoms with E-state index in [1.54, 1.807) is 6.07 Å². The summed E-state index contributed by atoms with van der Waals surface area (Å²) in [4.78, 5) is 3.02. The molecule has 3 heteroatoms. The molecule has 1 aliphatic rings. The molecule has 1 aliphatic carbocycles. The van der Waals surface area contributed by atoms with Gasteiger partial charge in [0.1, 0.15) is 5.82 Å². The Morgan fingerprint density at radius 1 is 1.35 bits per heavy atom. The van der Waals surface area contributed by atoms with Gasteiger partial charge in [-0.1, -0.05) is 12.1 Å². The quantitative estimate of drug-likeness (QED) is 0.762. The van der Waals surface area contributed by atoms with Crippen molar-refractivity contribution in [3.63, 3.8) is 0 Å². The fraction of sp³-hybridized carbons (Fsp3) is 0.429. The molecule has 0 spiro atoms. The molecule has 90 valence electrons. The average Bonchev–Trinajstić information content (AvgIpc) is 3.06. The second-order valence-electron chi connectivity index (χ2n) is 4.87. The maximum Gasteiger partial charge on any atom is 0.147 e. The number of para-hydroxylation sites is 1. The van der Waals surface area contributed by atoms with Crippen LogP contribution in [0, 0.1) is 11.7 Å². The van der Waals surface area contributed by atoms with Crippen molar-refractivity contribution in [2.24, 2.45) is 5.92 Å². The van der Waals surface area contributed by atoms with Crippen LogP contribution in [-0.4, -0.2) is 18.1 Å². The van der Waals surface area contributed by atoms with E-state index < -0.39 is 0 Å². The van der Waals surface area contributed by atoms with Gasteiger partial charge in [-0.2, -0.15) is 0 Å². The van der Waals surface area contributed by atoms with E-state index in [9.17, 15) is 4.39 Å². The summed E-state index contributed by atoms with van der Waals surface area (Å²) in [7, 11) is 0. The molecule has 2 N–H and O–H groups in total. The maximum atomic E-state index is 13.5. The molecule has 2 aromatic rings. The van der Waals surface area contributed by atoms with Gasteiger partial charge >= 0.3 is 0 Å². The van der Waals surface area contributed by atoms with Crippen LogP contribution in [0.5, 0.6) is 0 Å². The molecule has 0 amide bonds. The molecule has 0 atom stereocenters. The Labute approximate surface area is 100 Å². The number of halogens is 1. The molecular weight excluding hydrogens is 215 g/mol. The van der Waals surface area contributed by atoms with Gasteiger partial charge in [0, 0.05) is 11.6 Å². The summed E-state index contributed by atoms with van der Waals surface area (Å²) in [5.74, 6) is 0.745. The van der Waals surface area contributed by atoms with E-state index in [4.69, 9.17) is 0 Å². The van der Waals surface area contributed by atoms with Crippen LogP contribution in [-0.2, 0) is 6.42 Å². The van der Waals surface area contributed by atoms with Crippen molar-refractivity contribution >= 4 is 10.9 Å². The minimum atomic E-state index is -0.167. The fourth-order valence-corrected chi connectivity index (χ4v) is 2.23. The highest BCUT2D eigenvalue weighted by Crippen LogP contribution is 2.27. The Hall–Kier alpha value is -1.35. The number of fused-ring (bicyclic) bond motifs is 1. The van der Waals surface area contributed by atoms with Crippen LogP contribution >= 0.6 is 0 Å². The smallest absolute Gasteiger partial charge is 0.147 e. The summed E-state index contributed by atoms with van der Waals surface area (Å²) < 4.78 is 13.5. The lowest BCUT2D eigenvalue weighted by atomic mass is 10.1. The van der Waals surface area contributed by atoms with Gasteiger partial charge in [0.2, 0.25) is 0 Å². The summed E-state index contributed by atoms with van der Waals surface area (Å²) in [6, 6.07) is 5.24. The molecule has 1 saturated carbocycles. The number of aromatic amines is 1. The van der Waals surface area contributed by atoms with Crippen LogP contribution in [0.1, 0.15) is 18.4 Å². The predicted molar refractivity (Wildman–Crippen MR) is 67.6 cm³/mol. The Morgan fingerprint density at radius 2 is 2.24 bits per heavy atom. The van der Waals surface area contributed by atoms with Crippen LogP contribution < -0.4 is 5.32 Å². The standard InChI is InChI=1S/C14H17FN2/c15-13-3-1-2-12-11(9-17-14(12)13)6-7-16-8-10-4-5-10/h1-3,9-10,16-17H,4-8H2. The van der Waals surface area contributed by atoms with Crippen molar-refractivity contribution in [3.05, 3.63) is 35.8 Å². The van der Waals surface area contributed by atoms with E-state index in [1.807, 2.05) is 12.3 Å². The van der Waals surface area contributed by atoms with Gasteiger partial charge in [-0.15, -0.1) is 0 Å². The molecule has 0 unspecified atom stereocenters. The van der Waals surface area contributed by atoms with Crippen LogP contribution in [0.2, 0.25) is 0 Å². The average molecular weight is 232 g/mol. The number of benzene rings is 1. The first kappa shape index (κ1) is 10.8. The topological polar surface area (TPSA) is 27.8 Å². The Morgan fingerprint density at radius 3 is 3.06 bits per heavy atom. The Balaban J connectivity index is 1.65. The molecule has 0 aliphatic heterocycles. The third kappa shape index (κ3) is 2.34. The van der Waals surface area contributed by atoms with Crippen molar-refractivity contribution < 1.29 is 4.39 Å². The maximum absolute atomic E-state index is 13.5. The first-order valence-corrected chi connectivity index (χ1v) is 6.30. The molecule has 2 nitrogen and oxygen atoms in total. The summed E-state index contributed by atoms with van der Waals surface area (Å²) in [6.45, 7) is 2.11. The van der Waals surface area contributed by atoms with Gasteiger partial charge in [0.25, 0.3) is 0 Å². The predicted octanol–water partition coefficient (Wildman–Crippen LogP) is 2.85. The molecule has 0 radical (unpaired) electrons. The van der Waals surface area contributed by atoms with E-state index in [0.717, 1.165) is 30.8 Å². The molecule has 1 fully saturated rings. The van der Waals surface area contributed by atoms with Gasteiger partial charge in [0.05, 0.1) is 5.52 Å². The second-order valence-corrected chi connectivity index (χ2v) is 4.87. The minimum Gasteiger partial charge on any atom is -0.359 e. The zero-order valence-electron chi connectivity index (χ0n) is 9.80. The molecule has 0 bridgehead atoms. The van der Waals surface area contributed by atoms with Gasteiger partial charge in [-0.3, -0.25) is 0 Å². The fourth-order valence-electron chi connectivity index (χ4n) is 2.23. The molecule has 3 rings (SSSR count). The van der Waals surface area contributed by atoms with Gasteiger partial charge in [-0.25, -0.2) is 4.39 Å². The Kier molecular flexibility index (Phi) is 2.85. The van der Waals surface area contributed by atoms with Gasteiger partial charge < -0.3 is 10.3 Å². The van der Waals surface area contributed by atoms with Crippen LogP contribution in [0.3, 0.4) is 0 Å². The summed E-state index contributed by atoms with van der Waals surface area (Å²) >= 11 is 0. The summed E-state index contributed by atoms with van der Waals surface area (Å²) in [5.41, 5.74) is 1.83. The summed E-state index contributed by atoms with van der Waals surface area (Å²) in [6.07, 6.45) is 5.64. The van der Waals surface area contributed by atoms with Crippen molar-refractivity contribution in [2.45, 2.75) is 19.3 Å². The zero-order chi connectivity index (χ0) is 11.7. The number of rotatable bonds is 5. The molecule has 1 aromatic carbocycles. The largest absolute Gasteiger partial charge is 0.359 e. The van der Waals surface area contributed by atoms with Gasteiger partial charge in [-0.05, 0) is 49.9 Å². The Bertz CT molecular complexity index is 514. The number of hydrogen-bond donors (Lipinski definition) is 2. The molecule has 17 heavy (non-hydrogen) atoms. The highest BCUT2D eigenvalue weighted by molar-refractivity contribution is 5.83. The van der Waals surface area contributed by atoms with Crippen molar-refractivity contribution in [3.8, 4) is 0 Å². The number of aromatic nitrogens is 1. The first-order chi connectivity index (χ1) is 8.34. The van der Waals surface area contributed by atoms with Gasteiger partial charge in [0.15, 0.2) is 0 Å². The number of hydrogen-bond acceptors (Lipinski definition) is 1. The second kappa shape index (κ2) is 4.49. The van der Waals surface area contributed by atoms with Crippen molar-refractivity contribution in [1.29, 1.82) is 0 Å². The van der Waals surface area contributed by atoms with E-state index in [2.05, 4.69) is 10.3 Å². The molecule has 1 aromatic heterocycles.